The lowest BCUT2D eigenvalue weighted by atomic mass is 10.1. The van der Waals surface area contributed by atoms with E-state index in [9.17, 15) is 9.59 Å². The third-order valence-corrected chi connectivity index (χ3v) is 3.28. The molecule has 0 aliphatic carbocycles. The van der Waals surface area contributed by atoms with Crippen molar-refractivity contribution in [2.45, 2.75) is 38.5 Å². The highest BCUT2D eigenvalue weighted by Crippen LogP contribution is 2.10. The highest BCUT2D eigenvalue weighted by Gasteiger charge is 2.07. The van der Waals surface area contributed by atoms with Crippen molar-refractivity contribution in [1.82, 2.24) is 5.32 Å². The maximum atomic E-state index is 11.9. The van der Waals surface area contributed by atoms with Crippen molar-refractivity contribution in [2.24, 2.45) is 0 Å². The van der Waals surface area contributed by atoms with E-state index in [1.165, 1.54) is 7.11 Å². The Morgan fingerprint density at radius 3 is 2.41 bits per heavy atom. The van der Waals surface area contributed by atoms with Gasteiger partial charge in [-0.2, -0.15) is 0 Å². The van der Waals surface area contributed by atoms with Crippen molar-refractivity contribution in [1.29, 1.82) is 0 Å². The Kier molecular flexibility index (Phi) is 10.9. The molecule has 0 aromatic heterocycles. The molecular weight excluding hydrogens is 304 g/mol. The molecule has 0 aliphatic heterocycles. The van der Waals surface area contributed by atoms with E-state index >= 15 is 0 Å². The van der Waals surface area contributed by atoms with E-state index in [0.29, 0.717) is 24.2 Å². The Bertz CT molecular complexity index is 466. The maximum Gasteiger partial charge on any atom is 0.305 e. The molecule has 1 aromatic rings. The fraction of sp³-hybridized carbons (Fsp3) is 0.500. The first-order valence-corrected chi connectivity index (χ1v) is 7.34. The first-order chi connectivity index (χ1) is 10.1. The van der Waals surface area contributed by atoms with E-state index in [-0.39, 0.29) is 24.3 Å². The molecule has 0 spiro atoms. The third kappa shape index (κ3) is 7.88. The Hall–Kier alpha value is -1.75. The summed E-state index contributed by atoms with van der Waals surface area (Å²) in [6.45, 7) is 0.643. The largest absolute Gasteiger partial charge is 0.469 e. The zero-order valence-electron chi connectivity index (χ0n) is 13.0. The van der Waals surface area contributed by atoms with E-state index in [4.69, 9.17) is 5.73 Å². The van der Waals surface area contributed by atoms with Crippen LogP contribution in [0.15, 0.2) is 24.3 Å². The number of para-hydroxylation sites is 1. The van der Waals surface area contributed by atoms with Crippen LogP contribution in [-0.2, 0) is 9.53 Å². The number of nitrogens with one attached hydrogen (secondary N) is 1. The van der Waals surface area contributed by atoms with E-state index in [0.717, 1.165) is 32.1 Å². The molecule has 0 unspecified atom stereocenters. The van der Waals surface area contributed by atoms with E-state index < -0.39 is 0 Å². The lowest BCUT2D eigenvalue weighted by Gasteiger charge is -2.07. The van der Waals surface area contributed by atoms with Gasteiger partial charge in [0.1, 0.15) is 0 Å². The van der Waals surface area contributed by atoms with Gasteiger partial charge >= 0.3 is 5.97 Å². The molecule has 0 radical (unpaired) electrons. The summed E-state index contributed by atoms with van der Waals surface area (Å²) in [6.07, 6.45) is 5.37. The molecule has 1 aromatic carbocycles. The normalized spacial score (nSPS) is 9.68. The van der Waals surface area contributed by atoms with Gasteiger partial charge in [0, 0.05) is 18.7 Å². The number of carbonyl (C=O) groups excluding carboxylic acids is 2. The second-order valence-corrected chi connectivity index (χ2v) is 4.94. The number of esters is 1. The average Bonchev–Trinajstić information content (AvgIpc) is 2.49. The molecule has 0 aliphatic rings. The van der Waals surface area contributed by atoms with Gasteiger partial charge in [0.25, 0.3) is 5.91 Å². The molecule has 5 nitrogen and oxygen atoms in total. The summed E-state index contributed by atoms with van der Waals surface area (Å²) in [6, 6.07) is 7.04. The monoisotopic (exact) mass is 328 g/mol. The second kappa shape index (κ2) is 11.9. The van der Waals surface area contributed by atoms with Gasteiger partial charge in [0.15, 0.2) is 0 Å². The number of rotatable bonds is 9. The van der Waals surface area contributed by atoms with Crippen molar-refractivity contribution >= 4 is 30.0 Å². The lowest BCUT2D eigenvalue weighted by Crippen LogP contribution is -2.25. The fourth-order valence-electron chi connectivity index (χ4n) is 2.03. The first-order valence-electron chi connectivity index (χ1n) is 7.34. The Labute approximate surface area is 138 Å². The van der Waals surface area contributed by atoms with Crippen molar-refractivity contribution in [3.63, 3.8) is 0 Å². The predicted octanol–water partition coefficient (Wildman–Crippen LogP) is 2.93. The number of hydrogen-bond donors (Lipinski definition) is 2. The molecule has 0 bridgehead atoms. The number of halogens is 1. The topological polar surface area (TPSA) is 81.4 Å². The Morgan fingerprint density at radius 1 is 1.09 bits per heavy atom. The summed E-state index contributed by atoms with van der Waals surface area (Å²) in [7, 11) is 1.41. The standard InChI is InChI=1S/C16H24N2O3.ClH/c1-21-15(19)11-5-3-2-4-8-12-18-16(20)13-9-6-7-10-14(13)17;/h6-7,9-10H,2-5,8,11-12,17H2,1H3,(H,18,20);1H. The van der Waals surface area contributed by atoms with Crippen LogP contribution >= 0.6 is 12.4 Å². The van der Waals surface area contributed by atoms with Crippen molar-refractivity contribution < 1.29 is 14.3 Å². The zero-order chi connectivity index (χ0) is 15.5. The Morgan fingerprint density at radius 2 is 1.73 bits per heavy atom. The van der Waals surface area contributed by atoms with Gasteiger partial charge in [-0.15, -0.1) is 12.4 Å². The SMILES string of the molecule is COC(=O)CCCCCCCNC(=O)c1ccccc1N.Cl. The van der Waals surface area contributed by atoms with Gasteiger partial charge < -0.3 is 15.8 Å². The van der Waals surface area contributed by atoms with Crippen LogP contribution in [0.25, 0.3) is 0 Å². The number of amides is 1. The van der Waals surface area contributed by atoms with Gasteiger partial charge in [-0.25, -0.2) is 0 Å². The number of ether oxygens (including phenoxy) is 1. The van der Waals surface area contributed by atoms with E-state index in [1.807, 2.05) is 0 Å². The minimum absolute atomic E-state index is 0. The van der Waals surface area contributed by atoms with Crippen LogP contribution in [0, 0.1) is 0 Å². The molecule has 1 amide bonds. The second-order valence-electron chi connectivity index (χ2n) is 4.94. The minimum atomic E-state index is -0.150. The van der Waals surface area contributed by atoms with Crippen molar-refractivity contribution in [3.05, 3.63) is 29.8 Å². The number of nitrogen functional groups attached to an aromatic ring is 1. The molecule has 0 atom stereocenters. The summed E-state index contributed by atoms with van der Waals surface area (Å²) in [5.41, 5.74) is 6.77. The number of unbranched alkanes of at least 4 members (excludes halogenated alkanes) is 4. The van der Waals surface area contributed by atoms with Gasteiger partial charge in [-0.05, 0) is 25.0 Å². The van der Waals surface area contributed by atoms with Crippen LogP contribution in [0.1, 0.15) is 48.9 Å². The van der Waals surface area contributed by atoms with Crippen LogP contribution in [0.2, 0.25) is 0 Å². The van der Waals surface area contributed by atoms with Gasteiger partial charge in [0.2, 0.25) is 0 Å². The number of benzene rings is 1. The van der Waals surface area contributed by atoms with Gasteiger partial charge in [-0.1, -0.05) is 31.4 Å². The summed E-state index contributed by atoms with van der Waals surface area (Å²) in [5.74, 6) is -0.276. The summed E-state index contributed by atoms with van der Waals surface area (Å²) in [4.78, 5) is 22.8. The lowest BCUT2D eigenvalue weighted by molar-refractivity contribution is -0.140. The molecule has 0 saturated carbocycles. The number of methoxy groups -OCH3 is 1. The zero-order valence-corrected chi connectivity index (χ0v) is 13.8. The highest BCUT2D eigenvalue weighted by molar-refractivity contribution is 5.98. The first kappa shape index (κ1) is 20.2. The van der Waals surface area contributed by atoms with Crippen LogP contribution in [-0.4, -0.2) is 25.5 Å². The van der Waals surface area contributed by atoms with E-state index in [1.54, 1.807) is 24.3 Å². The number of anilines is 1. The fourth-order valence-corrected chi connectivity index (χ4v) is 2.03. The van der Waals surface area contributed by atoms with Crippen molar-refractivity contribution in [3.8, 4) is 0 Å². The Balaban J connectivity index is 0.00000441. The maximum absolute atomic E-state index is 11.9. The quantitative estimate of drug-likeness (QED) is 0.415. The summed E-state index contributed by atoms with van der Waals surface area (Å²) < 4.78 is 4.58. The van der Waals surface area contributed by atoms with E-state index in [2.05, 4.69) is 10.1 Å². The smallest absolute Gasteiger partial charge is 0.305 e. The molecule has 0 fully saturated rings. The predicted molar refractivity (Wildman–Crippen MR) is 90.2 cm³/mol. The molecule has 0 heterocycles. The number of nitrogens with two attached hydrogens (primary N) is 1. The molecular formula is C16H25ClN2O3. The van der Waals surface area contributed by atoms with Crippen LogP contribution in [0.3, 0.4) is 0 Å². The van der Waals surface area contributed by atoms with Gasteiger partial charge in [0.05, 0.1) is 12.7 Å². The number of carbonyl (C=O) groups is 2. The molecule has 0 saturated heterocycles. The molecule has 3 N–H and O–H groups in total. The summed E-state index contributed by atoms with van der Waals surface area (Å²) >= 11 is 0. The molecule has 1 rings (SSSR count). The summed E-state index contributed by atoms with van der Waals surface area (Å²) in [5, 5.41) is 2.86. The number of hydrogen-bond acceptors (Lipinski definition) is 4. The van der Waals surface area contributed by atoms with Crippen LogP contribution in [0.4, 0.5) is 5.69 Å². The van der Waals surface area contributed by atoms with Gasteiger partial charge in [-0.3, -0.25) is 9.59 Å². The average molecular weight is 329 g/mol. The van der Waals surface area contributed by atoms with Crippen molar-refractivity contribution in [2.75, 3.05) is 19.4 Å². The molecule has 22 heavy (non-hydrogen) atoms. The van der Waals surface area contributed by atoms with Crippen LogP contribution in [0.5, 0.6) is 0 Å². The third-order valence-electron chi connectivity index (χ3n) is 3.28. The molecule has 6 heteroatoms. The molecule has 124 valence electrons. The van der Waals surface area contributed by atoms with Crippen LogP contribution < -0.4 is 11.1 Å². The highest BCUT2D eigenvalue weighted by atomic mass is 35.5. The minimum Gasteiger partial charge on any atom is -0.469 e.